The summed E-state index contributed by atoms with van der Waals surface area (Å²) in [4.78, 5) is 18.0. The van der Waals surface area contributed by atoms with E-state index in [0.29, 0.717) is 25.3 Å². The van der Waals surface area contributed by atoms with Crippen LogP contribution in [0, 0.1) is 23.7 Å². The van der Waals surface area contributed by atoms with Crippen LogP contribution in [0.5, 0.6) is 5.75 Å². The van der Waals surface area contributed by atoms with E-state index < -0.39 is 12.1 Å². The van der Waals surface area contributed by atoms with Gasteiger partial charge in [-0.05, 0) is 86.0 Å². The number of ether oxygens (including phenoxy) is 1. The van der Waals surface area contributed by atoms with Crippen molar-refractivity contribution in [3.63, 3.8) is 0 Å². The molecular formula is C30H34N2O4. The maximum atomic E-state index is 11.3. The molecular weight excluding hydrogens is 452 g/mol. The van der Waals surface area contributed by atoms with Gasteiger partial charge in [-0.2, -0.15) is 0 Å². The molecule has 1 aromatic heterocycles. The first-order chi connectivity index (χ1) is 17.5. The largest absolute Gasteiger partial charge is 0.497 e. The number of aliphatic hydroxyl groups excluding tert-OH is 1. The summed E-state index contributed by atoms with van der Waals surface area (Å²) < 4.78 is 5.36. The minimum absolute atomic E-state index is 0.169. The van der Waals surface area contributed by atoms with Gasteiger partial charge in [0.05, 0.1) is 25.3 Å². The molecule has 1 aliphatic rings. The maximum Gasteiger partial charge on any atom is 0.303 e. The highest BCUT2D eigenvalue weighted by Gasteiger charge is 2.29. The molecule has 1 fully saturated rings. The van der Waals surface area contributed by atoms with E-state index in [0.717, 1.165) is 53.7 Å². The number of fused-ring (bicyclic) bond motifs is 1. The number of hydrogen-bond acceptors (Lipinski definition) is 5. The van der Waals surface area contributed by atoms with Gasteiger partial charge in [-0.3, -0.25) is 14.7 Å². The zero-order valence-corrected chi connectivity index (χ0v) is 20.8. The summed E-state index contributed by atoms with van der Waals surface area (Å²) in [7, 11) is 1.63. The monoisotopic (exact) mass is 486 g/mol. The summed E-state index contributed by atoms with van der Waals surface area (Å²) in [5.74, 6) is 7.12. The summed E-state index contributed by atoms with van der Waals surface area (Å²) in [6.07, 6.45) is 4.39. The van der Waals surface area contributed by atoms with Gasteiger partial charge in [-0.1, -0.05) is 30.0 Å². The van der Waals surface area contributed by atoms with Crippen molar-refractivity contribution in [2.24, 2.45) is 11.8 Å². The topological polar surface area (TPSA) is 82.9 Å². The van der Waals surface area contributed by atoms with E-state index in [9.17, 15) is 15.0 Å². The van der Waals surface area contributed by atoms with E-state index in [4.69, 9.17) is 4.74 Å². The van der Waals surface area contributed by atoms with E-state index >= 15 is 0 Å². The van der Waals surface area contributed by atoms with Gasteiger partial charge < -0.3 is 14.9 Å². The predicted molar refractivity (Wildman–Crippen MR) is 141 cm³/mol. The van der Waals surface area contributed by atoms with Crippen LogP contribution < -0.4 is 4.74 Å². The molecule has 4 rings (SSSR count). The molecule has 1 saturated heterocycles. The molecule has 6 nitrogen and oxygen atoms in total. The van der Waals surface area contributed by atoms with E-state index in [1.165, 1.54) is 0 Å². The van der Waals surface area contributed by atoms with Crippen molar-refractivity contribution < 1.29 is 19.7 Å². The van der Waals surface area contributed by atoms with E-state index in [2.05, 4.69) is 21.7 Å². The molecule has 0 saturated carbocycles. The number of carbonyl (C=O) groups is 1. The molecule has 36 heavy (non-hydrogen) atoms. The van der Waals surface area contributed by atoms with Crippen LogP contribution in [0.2, 0.25) is 0 Å². The molecule has 3 aromatic rings. The third kappa shape index (κ3) is 6.84. The molecule has 3 atom stereocenters. The average Bonchev–Trinajstić information content (AvgIpc) is 2.91. The second-order valence-corrected chi connectivity index (χ2v) is 9.52. The Balaban J connectivity index is 1.39. The number of benzene rings is 2. The number of aliphatic hydroxyl groups is 1. The number of rotatable bonds is 9. The number of pyridine rings is 1. The zero-order valence-electron chi connectivity index (χ0n) is 20.8. The van der Waals surface area contributed by atoms with Crippen molar-refractivity contribution in [1.29, 1.82) is 0 Å². The molecule has 0 bridgehead atoms. The van der Waals surface area contributed by atoms with Crippen molar-refractivity contribution in [3.05, 3.63) is 71.9 Å². The Labute approximate surface area is 212 Å². The lowest BCUT2D eigenvalue weighted by Crippen LogP contribution is -2.41. The lowest BCUT2D eigenvalue weighted by atomic mass is 9.79. The highest BCUT2D eigenvalue weighted by atomic mass is 16.5. The van der Waals surface area contributed by atoms with Crippen molar-refractivity contribution >= 4 is 16.9 Å². The second-order valence-electron chi connectivity index (χ2n) is 9.52. The number of aromatic nitrogens is 1. The first-order valence-corrected chi connectivity index (χ1v) is 12.6. The number of carboxylic acid groups (broad SMARTS) is 1. The average molecular weight is 487 g/mol. The first kappa shape index (κ1) is 25.7. The van der Waals surface area contributed by atoms with Crippen LogP contribution in [0.15, 0.2) is 60.8 Å². The maximum absolute atomic E-state index is 11.3. The molecule has 1 aliphatic heterocycles. The number of carboxylic acids is 1. The smallest absolute Gasteiger partial charge is 0.303 e. The van der Waals surface area contributed by atoms with E-state index in [1.54, 1.807) is 13.3 Å². The van der Waals surface area contributed by atoms with E-state index in [-0.39, 0.29) is 12.3 Å². The van der Waals surface area contributed by atoms with Gasteiger partial charge in [0.1, 0.15) is 5.75 Å². The SMILES string of the molecule is COc1ccc2nccc(C(O)CC[C@@H]3CCN(CC#Cc4ccccc4)C[C@@H]3CCC(=O)O)c2c1. The summed E-state index contributed by atoms with van der Waals surface area (Å²) in [5.41, 5.74) is 2.69. The lowest BCUT2D eigenvalue weighted by molar-refractivity contribution is -0.137. The van der Waals surface area contributed by atoms with Gasteiger partial charge in [-0.15, -0.1) is 0 Å². The molecule has 6 heteroatoms. The van der Waals surface area contributed by atoms with Gasteiger partial charge in [-0.25, -0.2) is 0 Å². The zero-order chi connectivity index (χ0) is 25.3. The van der Waals surface area contributed by atoms with Crippen LogP contribution in [-0.4, -0.2) is 52.8 Å². The van der Waals surface area contributed by atoms with Gasteiger partial charge in [0.15, 0.2) is 0 Å². The number of aliphatic carboxylic acids is 1. The molecule has 188 valence electrons. The Hall–Kier alpha value is -3.40. The first-order valence-electron chi connectivity index (χ1n) is 12.6. The summed E-state index contributed by atoms with van der Waals surface area (Å²) >= 11 is 0. The van der Waals surface area contributed by atoms with Crippen molar-refractivity contribution in [2.75, 3.05) is 26.7 Å². The van der Waals surface area contributed by atoms with Crippen molar-refractivity contribution in [1.82, 2.24) is 9.88 Å². The number of nitrogens with zero attached hydrogens (tertiary/aromatic N) is 2. The Morgan fingerprint density at radius 2 is 2.00 bits per heavy atom. The predicted octanol–water partition coefficient (Wildman–Crippen LogP) is 4.91. The minimum atomic E-state index is -0.757. The van der Waals surface area contributed by atoms with Crippen molar-refractivity contribution in [3.8, 4) is 17.6 Å². The third-order valence-corrected chi connectivity index (χ3v) is 7.17. The normalized spacial score (nSPS) is 18.8. The minimum Gasteiger partial charge on any atom is -0.497 e. The Morgan fingerprint density at radius 3 is 2.78 bits per heavy atom. The lowest BCUT2D eigenvalue weighted by Gasteiger charge is -2.38. The Bertz CT molecular complexity index is 1220. The number of piperidine rings is 1. The van der Waals surface area contributed by atoms with Crippen LogP contribution in [0.4, 0.5) is 0 Å². The number of hydrogen-bond donors (Lipinski definition) is 2. The van der Waals surface area contributed by atoms with Crippen LogP contribution in [0.25, 0.3) is 10.9 Å². The van der Waals surface area contributed by atoms with Crippen LogP contribution in [0.3, 0.4) is 0 Å². The molecule has 2 heterocycles. The van der Waals surface area contributed by atoms with Gasteiger partial charge >= 0.3 is 5.97 Å². The van der Waals surface area contributed by atoms with E-state index in [1.807, 2.05) is 54.6 Å². The summed E-state index contributed by atoms with van der Waals surface area (Å²) in [5, 5.41) is 21.3. The fraction of sp³-hybridized carbons (Fsp3) is 0.400. The van der Waals surface area contributed by atoms with Crippen LogP contribution in [0.1, 0.15) is 49.3 Å². The number of methoxy groups -OCH3 is 1. The molecule has 0 aliphatic carbocycles. The quantitative estimate of drug-likeness (QED) is 0.418. The molecule has 0 amide bonds. The van der Waals surface area contributed by atoms with Gasteiger partial charge in [0.2, 0.25) is 0 Å². The van der Waals surface area contributed by atoms with Crippen LogP contribution in [-0.2, 0) is 4.79 Å². The van der Waals surface area contributed by atoms with Crippen LogP contribution >= 0.6 is 0 Å². The van der Waals surface area contributed by atoms with Gasteiger partial charge in [0, 0.05) is 30.1 Å². The Kier molecular flexibility index (Phi) is 8.94. The number of likely N-dealkylation sites (tertiary alicyclic amines) is 1. The highest BCUT2D eigenvalue weighted by molar-refractivity contribution is 5.83. The molecule has 2 aromatic carbocycles. The fourth-order valence-electron chi connectivity index (χ4n) is 5.18. The summed E-state index contributed by atoms with van der Waals surface area (Å²) in [6.45, 7) is 2.45. The standard InChI is InChI=1S/C30H34N2O4/c1-36-25-11-12-28-27(20-25)26(15-17-31-28)29(33)13-9-23-16-19-32(21-24(23)10-14-30(34)35)18-5-8-22-6-3-2-4-7-22/h2-4,6-7,11-12,15,17,20,23-24,29,33H,9-10,13-14,16,18-19,21H2,1H3,(H,34,35)/t23-,24+,29?/m1/s1. The van der Waals surface area contributed by atoms with Gasteiger partial charge in [0.25, 0.3) is 0 Å². The molecule has 0 radical (unpaired) electrons. The second kappa shape index (κ2) is 12.5. The Morgan fingerprint density at radius 1 is 1.17 bits per heavy atom. The molecule has 1 unspecified atom stereocenters. The third-order valence-electron chi connectivity index (χ3n) is 7.17. The fourth-order valence-corrected chi connectivity index (χ4v) is 5.18. The molecule has 2 N–H and O–H groups in total. The molecule has 0 spiro atoms. The van der Waals surface area contributed by atoms with Crippen molar-refractivity contribution in [2.45, 2.75) is 38.2 Å². The highest BCUT2D eigenvalue weighted by Crippen LogP contribution is 2.35. The summed E-state index contributed by atoms with van der Waals surface area (Å²) in [6, 6.07) is 17.5.